The molecule has 1 saturated heterocycles. The quantitative estimate of drug-likeness (QED) is 0.868. The number of carbonyl (C=O) groups is 1. The Kier molecular flexibility index (Phi) is 4.02. The summed E-state index contributed by atoms with van der Waals surface area (Å²) in [5.41, 5.74) is 0. The smallest absolute Gasteiger partial charge is 0.241 e. The highest BCUT2D eigenvalue weighted by atomic mass is 35.5. The van der Waals surface area contributed by atoms with Crippen molar-refractivity contribution in [1.29, 1.82) is 0 Å². The molecule has 1 aliphatic rings. The fourth-order valence-electron chi connectivity index (χ4n) is 2.00. The van der Waals surface area contributed by atoms with E-state index in [1.54, 1.807) is 10.9 Å². The first-order valence-corrected chi connectivity index (χ1v) is 6.17. The summed E-state index contributed by atoms with van der Waals surface area (Å²) in [5.74, 6) is -0.000630. The molecule has 1 aromatic heterocycles. The van der Waals surface area contributed by atoms with Crippen LogP contribution < -0.4 is 5.32 Å². The molecule has 0 bridgehead atoms. The van der Waals surface area contributed by atoms with E-state index in [2.05, 4.69) is 22.4 Å². The molecule has 2 rings (SSSR count). The highest BCUT2D eigenvalue weighted by molar-refractivity contribution is 6.30. The van der Waals surface area contributed by atoms with Gasteiger partial charge in [-0.2, -0.15) is 5.10 Å². The summed E-state index contributed by atoms with van der Waals surface area (Å²) in [6.45, 7) is 2.32. The van der Waals surface area contributed by atoms with E-state index in [0.29, 0.717) is 11.1 Å². The molecule has 0 spiro atoms. The van der Waals surface area contributed by atoms with Crippen LogP contribution in [0.4, 0.5) is 0 Å². The van der Waals surface area contributed by atoms with E-state index in [1.165, 1.54) is 6.20 Å². The number of amides is 1. The lowest BCUT2D eigenvalue weighted by Gasteiger charge is -2.29. The van der Waals surface area contributed by atoms with Crippen LogP contribution in [-0.4, -0.2) is 46.8 Å². The fraction of sp³-hybridized carbons (Fsp3) is 0.636. The minimum atomic E-state index is -0.000630. The number of likely N-dealkylation sites (tertiary alicyclic amines) is 1. The monoisotopic (exact) mass is 256 g/mol. The summed E-state index contributed by atoms with van der Waals surface area (Å²) in [7, 11) is 2.10. The van der Waals surface area contributed by atoms with Crippen LogP contribution in [0.25, 0.3) is 0 Å². The summed E-state index contributed by atoms with van der Waals surface area (Å²) in [6.07, 6.45) is 5.21. The summed E-state index contributed by atoms with van der Waals surface area (Å²) in [5, 5.41) is 7.56. The van der Waals surface area contributed by atoms with Gasteiger partial charge in [-0.15, -0.1) is 0 Å². The molecule has 94 valence electrons. The van der Waals surface area contributed by atoms with Gasteiger partial charge in [-0.1, -0.05) is 11.6 Å². The zero-order valence-electron chi connectivity index (χ0n) is 9.90. The minimum absolute atomic E-state index is 0.000630. The van der Waals surface area contributed by atoms with E-state index in [4.69, 9.17) is 11.6 Å². The van der Waals surface area contributed by atoms with Gasteiger partial charge in [-0.05, 0) is 33.0 Å². The number of aromatic nitrogens is 2. The van der Waals surface area contributed by atoms with Crippen LogP contribution in [0.1, 0.15) is 12.8 Å². The highest BCUT2D eigenvalue weighted by Gasteiger charge is 2.18. The van der Waals surface area contributed by atoms with Gasteiger partial charge in [-0.3, -0.25) is 9.48 Å². The SMILES string of the molecule is CN1CCC(NC(=O)Cn2cc(Cl)cn2)CC1. The van der Waals surface area contributed by atoms with Gasteiger partial charge < -0.3 is 10.2 Å². The number of carbonyl (C=O) groups excluding carboxylic acids is 1. The number of halogens is 1. The second-order valence-electron chi connectivity index (χ2n) is 4.50. The molecule has 1 aromatic rings. The third kappa shape index (κ3) is 3.71. The van der Waals surface area contributed by atoms with E-state index in [0.717, 1.165) is 25.9 Å². The molecule has 17 heavy (non-hydrogen) atoms. The van der Waals surface area contributed by atoms with E-state index in [9.17, 15) is 4.79 Å². The lowest BCUT2D eigenvalue weighted by Crippen LogP contribution is -2.44. The van der Waals surface area contributed by atoms with Crippen LogP contribution in [0.5, 0.6) is 0 Å². The largest absolute Gasteiger partial charge is 0.352 e. The molecule has 0 saturated carbocycles. The number of hydrogen-bond donors (Lipinski definition) is 1. The number of nitrogens with one attached hydrogen (secondary N) is 1. The molecule has 5 nitrogen and oxygen atoms in total. The maximum atomic E-state index is 11.7. The summed E-state index contributed by atoms with van der Waals surface area (Å²) < 4.78 is 1.55. The second kappa shape index (κ2) is 5.51. The van der Waals surface area contributed by atoms with Crippen molar-refractivity contribution in [1.82, 2.24) is 20.0 Å². The number of rotatable bonds is 3. The third-order valence-corrected chi connectivity index (χ3v) is 3.19. The van der Waals surface area contributed by atoms with Gasteiger partial charge in [0.05, 0.1) is 11.2 Å². The van der Waals surface area contributed by atoms with E-state index in [-0.39, 0.29) is 12.5 Å². The maximum absolute atomic E-state index is 11.7. The molecular weight excluding hydrogens is 240 g/mol. The van der Waals surface area contributed by atoms with E-state index >= 15 is 0 Å². The lowest BCUT2D eigenvalue weighted by molar-refractivity contribution is -0.122. The number of hydrogen-bond acceptors (Lipinski definition) is 3. The third-order valence-electron chi connectivity index (χ3n) is 2.99. The lowest BCUT2D eigenvalue weighted by atomic mass is 10.1. The average Bonchev–Trinajstić information content (AvgIpc) is 2.67. The Bertz CT molecular complexity index is 385. The van der Waals surface area contributed by atoms with E-state index < -0.39 is 0 Å². The average molecular weight is 257 g/mol. The molecule has 0 aromatic carbocycles. The molecule has 2 heterocycles. The van der Waals surface area contributed by atoms with Gasteiger partial charge in [-0.25, -0.2) is 0 Å². The zero-order chi connectivity index (χ0) is 12.3. The van der Waals surface area contributed by atoms with Crippen molar-refractivity contribution in [3.63, 3.8) is 0 Å². The highest BCUT2D eigenvalue weighted by Crippen LogP contribution is 2.08. The summed E-state index contributed by atoms with van der Waals surface area (Å²) in [4.78, 5) is 14.0. The Morgan fingerprint density at radius 3 is 2.88 bits per heavy atom. The molecule has 0 atom stereocenters. The van der Waals surface area contributed by atoms with Crippen molar-refractivity contribution in [2.45, 2.75) is 25.4 Å². The summed E-state index contributed by atoms with van der Waals surface area (Å²) in [6, 6.07) is 0.296. The van der Waals surface area contributed by atoms with Crippen molar-refractivity contribution in [2.24, 2.45) is 0 Å². The first-order chi connectivity index (χ1) is 8.13. The van der Waals surface area contributed by atoms with Crippen molar-refractivity contribution in [2.75, 3.05) is 20.1 Å². The normalized spacial score (nSPS) is 18.2. The van der Waals surface area contributed by atoms with Crippen LogP contribution in [-0.2, 0) is 11.3 Å². The van der Waals surface area contributed by atoms with Gasteiger partial charge in [0.1, 0.15) is 6.54 Å². The minimum Gasteiger partial charge on any atom is -0.352 e. The van der Waals surface area contributed by atoms with Crippen molar-refractivity contribution in [3.8, 4) is 0 Å². The molecule has 1 aliphatic heterocycles. The molecule has 1 fully saturated rings. The van der Waals surface area contributed by atoms with Gasteiger partial charge in [0.25, 0.3) is 0 Å². The number of nitrogens with zero attached hydrogens (tertiary/aromatic N) is 3. The van der Waals surface area contributed by atoms with Gasteiger partial charge in [0, 0.05) is 12.2 Å². The van der Waals surface area contributed by atoms with Crippen LogP contribution in [0.2, 0.25) is 5.02 Å². The number of piperidine rings is 1. The molecular formula is C11H17ClN4O. The Morgan fingerprint density at radius 1 is 1.59 bits per heavy atom. The fourth-order valence-corrected chi connectivity index (χ4v) is 2.15. The first-order valence-electron chi connectivity index (χ1n) is 5.79. The molecule has 1 N–H and O–H groups in total. The Morgan fingerprint density at radius 2 is 2.29 bits per heavy atom. The zero-order valence-corrected chi connectivity index (χ0v) is 10.7. The first kappa shape index (κ1) is 12.4. The summed E-state index contributed by atoms with van der Waals surface area (Å²) >= 11 is 5.73. The molecule has 0 radical (unpaired) electrons. The van der Waals surface area contributed by atoms with Gasteiger partial charge >= 0.3 is 0 Å². The predicted octanol–water partition coefficient (Wildman–Crippen LogP) is 0.747. The van der Waals surface area contributed by atoms with Gasteiger partial charge in [0.2, 0.25) is 5.91 Å². The van der Waals surface area contributed by atoms with E-state index in [1.807, 2.05) is 0 Å². The molecule has 6 heteroatoms. The Hall–Kier alpha value is -1.07. The van der Waals surface area contributed by atoms with Crippen molar-refractivity contribution >= 4 is 17.5 Å². The predicted molar refractivity (Wildman–Crippen MR) is 65.9 cm³/mol. The van der Waals surface area contributed by atoms with Crippen LogP contribution in [0.15, 0.2) is 12.4 Å². The maximum Gasteiger partial charge on any atom is 0.241 e. The van der Waals surface area contributed by atoms with Crippen LogP contribution >= 0.6 is 11.6 Å². The van der Waals surface area contributed by atoms with Crippen LogP contribution in [0.3, 0.4) is 0 Å². The standard InChI is InChI=1S/C11H17ClN4O/c1-15-4-2-10(3-5-15)14-11(17)8-16-7-9(12)6-13-16/h6-7,10H,2-5,8H2,1H3,(H,14,17). The Labute approximate surface area is 106 Å². The molecule has 0 aliphatic carbocycles. The van der Waals surface area contributed by atoms with Crippen molar-refractivity contribution in [3.05, 3.63) is 17.4 Å². The van der Waals surface area contributed by atoms with Gasteiger partial charge in [0.15, 0.2) is 0 Å². The Balaban J connectivity index is 1.77. The topological polar surface area (TPSA) is 50.2 Å². The molecule has 0 unspecified atom stereocenters. The second-order valence-corrected chi connectivity index (χ2v) is 4.94. The van der Waals surface area contributed by atoms with Crippen LogP contribution in [0, 0.1) is 0 Å². The van der Waals surface area contributed by atoms with Crippen molar-refractivity contribution < 1.29 is 4.79 Å². The molecule has 1 amide bonds.